The van der Waals surface area contributed by atoms with Crippen molar-refractivity contribution < 1.29 is 28.0 Å². The van der Waals surface area contributed by atoms with Crippen LogP contribution in [0.2, 0.25) is 1.41 Å². The van der Waals surface area contributed by atoms with Crippen molar-refractivity contribution in [1.29, 1.82) is 0 Å². The minimum atomic E-state index is -1.61. The third kappa shape index (κ3) is 4.62. The van der Waals surface area contributed by atoms with Gasteiger partial charge in [-0.15, -0.1) is 0 Å². The van der Waals surface area contributed by atoms with Crippen LogP contribution in [0.3, 0.4) is 0 Å². The van der Waals surface area contributed by atoms with Crippen LogP contribution in [0.15, 0.2) is 42.5 Å². The number of hydrogen-bond donors (Lipinski definition) is 1. The summed E-state index contributed by atoms with van der Waals surface area (Å²) in [5.41, 5.74) is 3.11. The first-order valence-corrected chi connectivity index (χ1v) is 11.0. The second-order valence-electron chi connectivity index (χ2n) is 8.30. The number of hydrogen-bond acceptors (Lipinski definition) is 6. The summed E-state index contributed by atoms with van der Waals surface area (Å²) < 4.78 is 35.2. The molecule has 8 heteroatoms. The Kier molecular flexibility index (Phi) is 5.15. The van der Waals surface area contributed by atoms with Crippen molar-refractivity contribution in [2.24, 2.45) is 0 Å². The molecule has 2 aromatic rings. The summed E-state index contributed by atoms with van der Waals surface area (Å²) in [6, 6.07) is 11.8. The molecule has 3 aliphatic heterocycles. The van der Waals surface area contributed by atoms with Crippen LogP contribution >= 0.6 is 0 Å². The lowest BCUT2D eigenvalue weighted by atomic mass is 10.0. The van der Waals surface area contributed by atoms with E-state index in [1.165, 1.54) is 10.5 Å². The normalized spacial score (nSPS) is 27.2. The van der Waals surface area contributed by atoms with Crippen molar-refractivity contribution in [2.75, 3.05) is 26.3 Å². The molecular formula is C25H27N3O5. The zero-order valence-electron chi connectivity index (χ0n) is 21.1. The maximum Gasteiger partial charge on any atom is 0.255 e. The lowest BCUT2D eigenvalue weighted by Gasteiger charge is -2.29. The van der Waals surface area contributed by atoms with E-state index in [2.05, 4.69) is 17.0 Å². The van der Waals surface area contributed by atoms with Gasteiger partial charge in [-0.2, -0.15) is 0 Å². The highest BCUT2D eigenvalue weighted by atomic mass is 16.5. The van der Waals surface area contributed by atoms with Gasteiger partial charge in [-0.25, -0.2) is 0 Å². The number of nitrogens with zero attached hydrogens (tertiary/aromatic N) is 2. The van der Waals surface area contributed by atoms with Gasteiger partial charge in [0, 0.05) is 39.9 Å². The number of carbonyl (C=O) groups excluding carboxylic acids is 3. The molecule has 3 amide bonds. The first-order valence-electron chi connectivity index (χ1n) is 12.6. The maximum atomic E-state index is 13.1. The van der Waals surface area contributed by atoms with Crippen LogP contribution in [0.5, 0.6) is 5.75 Å². The first kappa shape index (κ1) is 18.2. The maximum absolute atomic E-state index is 13.1. The fourth-order valence-electron chi connectivity index (χ4n) is 4.31. The van der Waals surface area contributed by atoms with Crippen LogP contribution in [-0.4, -0.2) is 59.9 Å². The summed E-state index contributed by atoms with van der Waals surface area (Å²) in [4.78, 5) is 41.1. The Morgan fingerprint density at radius 2 is 1.85 bits per heavy atom. The lowest BCUT2D eigenvalue weighted by Crippen LogP contribution is -2.52. The molecule has 2 aromatic carbocycles. The van der Waals surface area contributed by atoms with E-state index in [9.17, 15) is 14.4 Å². The molecule has 0 spiro atoms. The Labute approximate surface area is 196 Å². The molecule has 0 bridgehead atoms. The predicted octanol–water partition coefficient (Wildman–Crippen LogP) is 1.86. The van der Waals surface area contributed by atoms with E-state index in [1.807, 2.05) is 12.1 Å². The van der Waals surface area contributed by atoms with Crippen LogP contribution < -0.4 is 10.0 Å². The molecule has 0 radical (unpaired) electrons. The van der Waals surface area contributed by atoms with Gasteiger partial charge in [-0.3, -0.25) is 24.6 Å². The SMILES string of the molecule is [2H]C1C(=O)N([2H])C(=O)C(N2Cc3c(OCc4ccc(CN5CCOCC5)cc4)cccc3C2=O)C1[2H]. The van der Waals surface area contributed by atoms with E-state index < -0.39 is 36.6 Å². The van der Waals surface area contributed by atoms with E-state index in [-0.39, 0.29) is 18.5 Å². The summed E-state index contributed by atoms with van der Waals surface area (Å²) in [6.07, 6.45) is -3.08. The van der Waals surface area contributed by atoms with Gasteiger partial charge in [0.2, 0.25) is 11.8 Å². The fourth-order valence-corrected chi connectivity index (χ4v) is 4.31. The van der Waals surface area contributed by atoms with Gasteiger partial charge in [0.1, 0.15) is 18.4 Å². The molecule has 0 aromatic heterocycles. The van der Waals surface area contributed by atoms with Crippen molar-refractivity contribution >= 4 is 17.7 Å². The van der Waals surface area contributed by atoms with Gasteiger partial charge in [0.25, 0.3) is 5.91 Å². The van der Waals surface area contributed by atoms with E-state index in [0.717, 1.165) is 38.4 Å². The molecule has 3 atom stereocenters. The van der Waals surface area contributed by atoms with Crippen LogP contribution in [0.4, 0.5) is 0 Å². The van der Waals surface area contributed by atoms with Gasteiger partial charge in [-0.05, 0) is 29.7 Å². The summed E-state index contributed by atoms with van der Waals surface area (Å²) in [7, 11) is 0. The smallest absolute Gasteiger partial charge is 0.255 e. The fraction of sp³-hybridized carbons (Fsp3) is 0.400. The molecule has 1 N–H and O–H groups in total. The Balaban J connectivity index is 1.27. The van der Waals surface area contributed by atoms with Crippen molar-refractivity contribution in [3.8, 4) is 5.75 Å². The molecule has 33 heavy (non-hydrogen) atoms. The Morgan fingerprint density at radius 1 is 1.09 bits per heavy atom. The molecule has 8 nitrogen and oxygen atoms in total. The Morgan fingerprint density at radius 3 is 2.64 bits per heavy atom. The van der Waals surface area contributed by atoms with Crippen LogP contribution in [0, 0.1) is 0 Å². The number of ether oxygens (including phenoxy) is 2. The molecule has 3 unspecified atom stereocenters. The minimum Gasteiger partial charge on any atom is -0.489 e. The molecule has 2 fully saturated rings. The zero-order valence-corrected chi connectivity index (χ0v) is 18.1. The molecule has 3 aliphatic rings. The summed E-state index contributed by atoms with van der Waals surface area (Å²) in [6.45, 7) is 4.52. The highest BCUT2D eigenvalue weighted by Gasteiger charge is 2.40. The molecule has 3 heterocycles. The van der Waals surface area contributed by atoms with Gasteiger partial charge >= 0.3 is 0 Å². The first-order chi connectivity index (χ1) is 17.3. The number of imide groups is 1. The van der Waals surface area contributed by atoms with Gasteiger partial charge in [-0.1, -0.05) is 30.3 Å². The van der Waals surface area contributed by atoms with E-state index in [1.54, 1.807) is 18.2 Å². The van der Waals surface area contributed by atoms with Gasteiger partial charge < -0.3 is 14.4 Å². The monoisotopic (exact) mass is 452 g/mol. The van der Waals surface area contributed by atoms with Gasteiger partial charge in [0.05, 0.1) is 19.8 Å². The van der Waals surface area contributed by atoms with Crippen LogP contribution in [0.25, 0.3) is 0 Å². The highest BCUT2D eigenvalue weighted by molar-refractivity contribution is 6.05. The van der Waals surface area contributed by atoms with Crippen molar-refractivity contribution in [3.63, 3.8) is 0 Å². The van der Waals surface area contributed by atoms with Crippen molar-refractivity contribution in [1.82, 2.24) is 15.1 Å². The van der Waals surface area contributed by atoms with E-state index >= 15 is 0 Å². The molecule has 172 valence electrons. The van der Waals surface area contributed by atoms with Crippen molar-refractivity contribution in [3.05, 3.63) is 64.7 Å². The summed E-state index contributed by atoms with van der Waals surface area (Å²) in [5.74, 6) is -2.01. The summed E-state index contributed by atoms with van der Waals surface area (Å²) in [5, 5.41) is 0.101. The van der Waals surface area contributed by atoms with Crippen LogP contribution in [0.1, 0.15) is 42.6 Å². The third-order valence-corrected chi connectivity index (χ3v) is 6.11. The summed E-state index contributed by atoms with van der Waals surface area (Å²) >= 11 is 0. The number of piperidine rings is 1. The number of rotatable bonds is 6. The largest absolute Gasteiger partial charge is 0.489 e. The molecule has 2 saturated heterocycles. The zero-order chi connectivity index (χ0) is 25.4. The topological polar surface area (TPSA) is 88.2 Å². The van der Waals surface area contributed by atoms with E-state index in [4.69, 9.17) is 13.6 Å². The third-order valence-electron chi connectivity index (χ3n) is 6.11. The number of amides is 3. The lowest BCUT2D eigenvalue weighted by molar-refractivity contribution is -0.136. The molecular weight excluding hydrogens is 422 g/mol. The number of morpholine rings is 1. The Bertz CT molecular complexity index is 1170. The molecule has 0 saturated carbocycles. The number of benzene rings is 2. The second-order valence-corrected chi connectivity index (χ2v) is 8.30. The molecule has 0 aliphatic carbocycles. The number of nitrogens with one attached hydrogen (secondary N) is 1. The second kappa shape index (κ2) is 9.33. The number of fused-ring (bicyclic) bond motifs is 1. The Hall–Kier alpha value is -3.23. The average Bonchev–Trinajstić information content (AvgIpc) is 3.23. The number of carbonyl (C=O) groups is 3. The predicted molar refractivity (Wildman–Crippen MR) is 119 cm³/mol. The van der Waals surface area contributed by atoms with Crippen molar-refractivity contribution in [2.45, 2.75) is 38.5 Å². The minimum absolute atomic E-state index is 0.00334. The van der Waals surface area contributed by atoms with Gasteiger partial charge in [0.15, 0.2) is 1.41 Å². The molecule has 5 rings (SSSR count). The quantitative estimate of drug-likeness (QED) is 0.674. The highest BCUT2D eigenvalue weighted by Crippen LogP contribution is 2.34. The standard InChI is InChI=1S/C25H27N3O5/c29-23-9-8-21(24(30)26-23)28-15-20-19(25(28)31)2-1-3-22(20)33-16-18-6-4-17(5-7-18)14-27-10-12-32-13-11-27/h1-7,21H,8-16H2,(H,26,29,30)/i8D,9D/hD. The van der Waals surface area contributed by atoms with E-state index in [0.29, 0.717) is 16.9 Å². The van der Waals surface area contributed by atoms with Crippen LogP contribution in [-0.2, 0) is 34.0 Å². The average molecular weight is 453 g/mol.